The van der Waals surface area contributed by atoms with Crippen LogP contribution in [0.1, 0.15) is 49.5 Å². The summed E-state index contributed by atoms with van der Waals surface area (Å²) in [6.07, 6.45) is 4.25. The topological polar surface area (TPSA) is 97.8 Å². The number of Topliss-reactive ketones (excluding diaryl/α,β-unsaturated/α-hetero) is 1. The van der Waals surface area contributed by atoms with E-state index in [1.807, 2.05) is 19.1 Å². The van der Waals surface area contributed by atoms with Gasteiger partial charge < -0.3 is 19.7 Å². The first-order chi connectivity index (χ1) is 17.5. The highest BCUT2D eigenvalue weighted by Gasteiger charge is 2.30. The van der Waals surface area contributed by atoms with Gasteiger partial charge in [-0.3, -0.25) is 19.4 Å². The average molecular weight is 486 g/mol. The molecule has 1 saturated heterocycles. The minimum absolute atomic E-state index is 0.0555. The van der Waals surface area contributed by atoms with Crippen molar-refractivity contribution in [1.29, 1.82) is 0 Å². The van der Waals surface area contributed by atoms with E-state index in [0.717, 1.165) is 5.56 Å². The molecular formula is C28H27N3O5. The number of nitrogens with zero attached hydrogens (tertiary/aromatic N) is 2. The van der Waals surface area contributed by atoms with Crippen LogP contribution in [0.25, 0.3) is 0 Å². The monoisotopic (exact) mass is 485 g/mol. The molecule has 2 aromatic carbocycles. The normalized spacial score (nSPS) is 15.3. The fourth-order valence-corrected chi connectivity index (χ4v) is 4.65. The number of piperidine rings is 1. The molecule has 2 aliphatic heterocycles. The lowest BCUT2D eigenvalue weighted by Gasteiger charge is -2.32. The SMILES string of the molecule is Cc1cccc(C(=O)N2CCC(C(=O)c3ccc4c(c3)OCCO4)CC2)c1NC(=O)c1ccncc1. The molecule has 1 N–H and O–H groups in total. The summed E-state index contributed by atoms with van der Waals surface area (Å²) in [6.45, 7) is 3.76. The number of hydrogen-bond donors (Lipinski definition) is 1. The number of benzene rings is 2. The van der Waals surface area contributed by atoms with Gasteiger partial charge in [-0.2, -0.15) is 0 Å². The van der Waals surface area contributed by atoms with Crippen molar-refractivity contribution in [2.24, 2.45) is 5.92 Å². The van der Waals surface area contributed by atoms with Gasteiger partial charge in [-0.1, -0.05) is 12.1 Å². The number of hydrogen-bond acceptors (Lipinski definition) is 6. The fourth-order valence-electron chi connectivity index (χ4n) is 4.65. The van der Waals surface area contributed by atoms with Crippen molar-refractivity contribution in [1.82, 2.24) is 9.88 Å². The molecule has 0 aliphatic carbocycles. The van der Waals surface area contributed by atoms with Crippen molar-refractivity contribution in [2.75, 3.05) is 31.6 Å². The van der Waals surface area contributed by atoms with Crippen LogP contribution in [0, 0.1) is 12.8 Å². The molecule has 3 aromatic rings. The van der Waals surface area contributed by atoms with Gasteiger partial charge in [0.1, 0.15) is 13.2 Å². The molecule has 0 atom stereocenters. The Bertz CT molecular complexity index is 1300. The highest BCUT2D eigenvalue weighted by Crippen LogP contribution is 2.33. The van der Waals surface area contributed by atoms with E-state index < -0.39 is 0 Å². The highest BCUT2D eigenvalue weighted by molar-refractivity contribution is 6.09. The summed E-state index contributed by atoms with van der Waals surface area (Å²) in [7, 11) is 0. The predicted molar refractivity (Wildman–Crippen MR) is 134 cm³/mol. The Morgan fingerprint density at radius 2 is 1.64 bits per heavy atom. The van der Waals surface area contributed by atoms with E-state index in [9.17, 15) is 14.4 Å². The molecule has 0 bridgehead atoms. The van der Waals surface area contributed by atoms with Crippen molar-refractivity contribution in [3.8, 4) is 11.5 Å². The van der Waals surface area contributed by atoms with Crippen LogP contribution < -0.4 is 14.8 Å². The van der Waals surface area contributed by atoms with E-state index in [1.165, 1.54) is 0 Å². The lowest BCUT2D eigenvalue weighted by atomic mass is 9.88. The van der Waals surface area contributed by atoms with E-state index in [0.29, 0.717) is 73.0 Å². The number of aryl methyl sites for hydroxylation is 1. The van der Waals surface area contributed by atoms with Crippen molar-refractivity contribution >= 4 is 23.3 Å². The highest BCUT2D eigenvalue weighted by atomic mass is 16.6. The van der Waals surface area contributed by atoms with Crippen molar-refractivity contribution in [3.05, 3.63) is 83.2 Å². The molecule has 36 heavy (non-hydrogen) atoms. The van der Waals surface area contributed by atoms with E-state index in [2.05, 4.69) is 10.3 Å². The Labute approximate surface area is 209 Å². The minimum Gasteiger partial charge on any atom is -0.486 e. The second-order valence-electron chi connectivity index (χ2n) is 8.98. The number of carbonyl (C=O) groups is 3. The molecule has 0 radical (unpaired) electrons. The third-order valence-electron chi connectivity index (χ3n) is 6.66. The zero-order valence-corrected chi connectivity index (χ0v) is 20.0. The van der Waals surface area contributed by atoms with Gasteiger partial charge in [0.15, 0.2) is 17.3 Å². The van der Waals surface area contributed by atoms with Gasteiger partial charge in [0.05, 0.1) is 11.3 Å². The predicted octanol–water partition coefficient (Wildman–Crippen LogP) is 4.15. The number of anilines is 1. The molecular weight excluding hydrogens is 458 g/mol. The number of aromatic nitrogens is 1. The molecule has 2 aliphatic rings. The lowest BCUT2D eigenvalue weighted by molar-refractivity contribution is 0.0651. The van der Waals surface area contributed by atoms with Crippen molar-refractivity contribution in [2.45, 2.75) is 19.8 Å². The van der Waals surface area contributed by atoms with Crippen molar-refractivity contribution < 1.29 is 23.9 Å². The van der Waals surface area contributed by atoms with Crippen LogP contribution in [0.5, 0.6) is 11.5 Å². The Kier molecular flexibility index (Phi) is 6.66. The van der Waals surface area contributed by atoms with Crippen LogP contribution in [0.4, 0.5) is 5.69 Å². The maximum absolute atomic E-state index is 13.4. The first-order valence-corrected chi connectivity index (χ1v) is 12.1. The molecule has 1 aromatic heterocycles. The Morgan fingerprint density at radius 1 is 0.917 bits per heavy atom. The van der Waals surface area contributed by atoms with E-state index in [4.69, 9.17) is 9.47 Å². The molecule has 184 valence electrons. The molecule has 1 fully saturated rings. The number of rotatable bonds is 5. The Hall–Kier alpha value is -4.20. The number of amides is 2. The standard InChI is InChI=1S/C28H27N3O5/c1-18-3-2-4-22(25(18)30-27(33)20-7-11-29-12-8-20)28(34)31-13-9-19(10-14-31)26(32)21-5-6-23-24(17-21)36-16-15-35-23/h2-8,11-12,17,19H,9-10,13-16H2,1H3,(H,30,33). The third-order valence-corrected chi connectivity index (χ3v) is 6.66. The van der Waals surface area contributed by atoms with Crippen molar-refractivity contribution in [3.63, 3.8) is 0 Å². The maximum Gasteiger partial charge on any atom is 0.255 e. The second-order valence-corrected chi connectivity index (χ2v) is 8.98. The largest absolute Gasteiger partial charge is 0.486 e. The van der Waals surface area contributed by atoms with Crippen LogP contribution in [-0.2, 0) is 0 Å². The maximum atomic E-state index is 13.4. The smallest absolute Gasteiger partial charge is 0.255 e. The lowest BCUT2D eigenvalue weighted by Crippen LogP contribution is -2.40. The van der Waals surface area contributed by atoms with Gasteiger partial charge in [0, 0.05) is 42.5 Å². The summed E-state index contributed by atoms with van der Waals surface area (Å²) in [6, 6.07) is 13.9. The van der Waals surface area contributed by atoms with Gasteiger partial charge in [-0.05, 0) is 61.7 Å². The summed E-state index contributed by atoms with van der Waals surface area (Å²) in [5, 5.41) is 2.90. The van der Waals surface area contributed by atoms with E-state index >= 15 is 0 Å². The summed E-state index contributed by atoms with van der Waals surface area (Å²) >= 11 is 0. The summed E-state index contributed by atoms with van der Waals surface area (Å²) in [5.41, 5.74) is 2.80. The molecule has 0 spiro atoms. The number of carbonyl (C=O) groups excluding carboxylic acids is 3. The van der Waals surface area contributed by atoms with Gasteiger partial charge in [-0.25, -0.2) is 0 Å². The molecule has 2 amide bonds. The molecule has 8 heteroatoms. The third kappa shape index (κ3) is 4.79. The van der Waals surface area contributed by atoms with E-state index in [1.54, 1.807) is 53.7 Å². The molecule has 3 heterocycles. The van der Waals surface area contributed by atoms with Crippen LogP contribution in [0.2, 0.25) is 0 Å². The van der Waals surface area contributed by atoms with Crippen LogP contribution >= 0.6 is 0 Å². The summed E-state index contributed by atoms with van der Waals surface area (Å²) < 4.78 is 11.2. The average Bonchev–Trinajstić information content (AvgIpc) is 2.93. The minimum atomic E-state index is -0.301. The fraction of sp³-hybridized carbons (Fsp3) is 0.286. The van der Waals surface area contributed by atoms with Gasteiger partial charge >= 0.3 is 0 Å². The summed E-state index contributed by atoms with van der Waals surface area (Å²) in [5.74, 6) is 0.682. The van der Waals surface area contributed by atoms with E-state index in [-0.39, 0.29) is 23.5 Å². The Balaban J connectivity index is 1.26. The number of ketones is 1. The summed E-state index contributed by atoms with van der Waals surface area (Å²) in [4.78, 5) is 45.0. The second kappa shape index (κ2) is 10.2. The first kappa shape index (κ1) is 23.5. The van der Waals surface area contributed by atoms with Crippen LogP contribution in [0.3, 0.4) is 0 Å². The number of likely N-dealkylation sites (tertiary alicyclic amines) is 1. The molecule has 8 nitrogen and oxygen atoms in total. The first-order valence-electron chi connectivity index (χ1n) is 12.1. The number of nitrogens with one attached hydrogen (secondary N) is 1. The van der Waals surface area contributed by atoms with Crippen LogP contribution in [-0.4, -0.2) is 53.8 Å². The zero-order valence-electron chi connectivity index (χ0n) is 20.0. The van der Waals surface area contributed by atoms with Gasteiger partial charge in [0.2, 0.25) is 0 Å². The quantitative estimate of drug-likeness (QED) is 0.546. The number of fused-ring (bicyclic) bond motifs is 1. The van der Waals surface area contributed by atoms with Crippen LogP contribution in [0.15, 0.2) is 60.9 Å². The molecule has 0 saturated carbocycles. The number of pyridine rings is 1. The van der Waals surface area contributed by atoms with Gasteiger partial charge in [0.25, 0.3) is 11.8 Å². The number of para-hydroxylation sites is 1. The van der Waals surface area contributed by atoms with Gasteiger partial charge in [-0.15, -0.1) is 0 Å². The zero-order chi connectivity index (χ0) is 25.1. The molecule has 0 unspecified atom stereocenters. The Morgan fingerprint density at radius 3 is 2.39 bits per heavy atom. The number of ether oxygens (including phenoxy) is 2. The molecule has 5 rings (SSSR count).